The molecule has 160 valence electrons. The minimum Gasteiger partial charge on any atom is -0.507 e. The molecule has 7 nitrogen and oxygen atoms in total. The average molecular weight is 420 g/mol. The molecule has 1 atom stereocenters. The van der Waals surface area contributed by atoms with Crippen molar-refractivity contribution in [3.05, 3.63) is 87.9 Å². The number of benzene rings is 1. The number of ether oxygens (including phenoxy) is 1. The van der Waals surface area contributed by atoms with E-state index in [0.29, 0.717) is 24.4 Å². The lowest BCUT2D eigenvalue weighted by Gasteiger charge is -2.18. The standard InChI is InChI=1S/C24H24N2O5/c1-15-12-20(27)23(18(13-22(28)30-2)21-8-5-11-31-21)24(29)26(15)10-9-16-14-25-19-7-4-3-6-17(16)19/h3-8,11-12,14,18,25,27H,9-10,13H2,1-2H3/t18-/m0/s1. The van der Waals surface area contributed by atoms with E-state index >= 15 is 0 Å². The van der Waals surface area contributed by atoms with Gasteiger partial charge in [0.1, 0.15) is 11.5 Å². The van der Waals surface area contributed by atoms with Crippen LogP contribution in [0.2, 0.25) is 0 Å². The van der Waals surface area contributed by atoms with Gasteiger partial charge in [-0.3, -0.25) is 9.59 Å². The molecule has 0 bridgehead atoms. The molecule has 0 radical (unpaired) electrons. The number of nitrogens with zero attached hydrogens (tertiary/aromatic N) is 1. The predicted molar refractivity (Wildman–Crippen MR) is 116 cm³/mol. The first-order valence-corrected chi connectivity index (χ1v) is 10.1. The van der Waals surface area contributed by atoms with Crippen molar-refractivity contribution in [2.75, 3.05) is 7.11 Å². The number of para-hydroxylation sites is 1. The summed E-state index contributed by atoms with van der Waals surface area (Å²) in [5, 5.41) is 11.7. The summed E-state index contributed by atoms with van der Waals surface area (Å²) in [6.45, 7) is 2.21. The van der Waals surface area contributed by atoms with Gasteiger partial charge >= 0.3 is 5.97 Å². The third-order valence-electron chi connectivity index (χ3n) is 5.64. The Balaban J connectivity index is 1.72. The molecule has 0 aliphatic heterocycles. The van der Waals surface area contributed by atoms with Crippen molar-refractivity contribution in [1.82, 2.24) is 9.55 Å². The van der Waals surface area contributed by atoms with Gasteiger partial charge in [0.2, 0.25) is 0 Å². The number of H-pyrrole nitrogens is 1. The zero-order valence-corrected chi connectivity index (χ0v) is 17.4. The van der Waals surface area contributed by atoms with Gasteiger partial charge in [-0.15, -0.1) is 0 Å². The van der Waals surface area contributed by atoms with Crippen molar-refractivity contribution in [3.8, 4) is 5.75 Å². The Bertz CT molecular complexity index is 1270. The predicted octanol–water partition coefficient (Wildman–Crippen LogP) is 3.87. The van der Waals surface area contributed by atoms with Gasteiger partial charge < -0.3 is 23.8 Å². The second kappa shape index (κ2) is 8.55. The number of furan rings is 1. The molecule has 0 spiro atoms. The third-order valence-corrected chi connectivity index (χ3v) is 5.64. The number of carbonyl (C=O) groups is 1. The third kappa shape index (κ3) is 3.99. The van der Waals surface area contributed by atoms with Gasteiger partial charge in [-0.05, 0) is 43.2 Å². The Labute approximate surface area is 178 Å². The van der Waals surface area contributed by atoms with Crippen LogP contribution in [0.5, 0.6) is 5.75 Å². The molecule has 4 aromatic rings. The van der Waals surface area contributed by atoms with Crippen LogP contribution in [0, 0.1) is 6.92 Å². The van der Waals surface area contributed by atoms with Crippen molar-refractivity contribution in [3.63, 3.8) is 0 Å². The van der Waals surface area contributed by atoms with E-state index in [9.17, 15) is 14.7 Å². The van der Waals surface area contributed by atoms with Crippen LogP contribution in [0.4, 0.5) is 0 Å². The number of pyridine rings is 1. The molecule has 7 heteroatoms. The first-order valence-electron chi connectivity index (χ1n) is 10.1. The number of carbonyl (C=O) groups excluding carboxylic acids is 1. The molecule has 0 aliphatic carbocycles. The number of aromatic hydroxyl groups is 1. The van der Waals surface area contributed by atoms with Crippen LogP contribution in [-0.2, 0) is 22.5 Å². The highest BCUT2D eigenvalue weighted by Crippen LogP contribution is 2.32. The second-order valence-corrected chi connectivity index (χ2v) is 7.50. The van der Waals surface area contributed by atoms with E-state index in [-0.39, 0.29) is 23.3 Å². The van der Waals surface area contributed by atoms with E-state index < -0.39 is 11.9 Å². The van der Waals surface area contributed by atoms with Gasteiger partial charge in [-0.25, -0.2) is 0 Å². The summed E-state index contributed by atoms with van der Waals surface area (Å²) in [4.78, 5) is 28.7. The Kier molecular flexibility index (Phi) is 5.66. The number of methoxy groups -OCH3 is 1. The zero-order chi connectivity index (χ0) is 22.0. The van der Waals surface area contributed by atoms with E-state index in [1.807, 2.05) is 30.5 Å². The first kappa shape index (κ1) is 20.5. The van der Waals surface area contributed by atoms with E-state index in [4.69, 9.17) is 9.15 Å². The molecule has 0 amide bonds. The van der Waals surface area contributed by atoms with Crippen LogP contribution in [0.25, 0.3) is 10.9 Å². The normalized spacial score (nSPS) is 12.2. The zero-order valence-electron chi connectivity index (χ0n) is 17.4. The Morgan fingerprint density at radius 2 is 2.06 bits per heavy atom. The van der Waals surface area contributed by atoms with Crippen LogP contribution in [0.1, 0.15) is 34.9 Å². The smallest absolute Gasteiger partial charge is 0.306 e. The molecule has 31 heavy (non-hydrogen) atoms. The Morgan fingerprint density at radius 3 is 2.81 bits per heavy atom. The monoisotopic (exact) mass is 420 g/mol. The Morgan fingerprint density at radius 1 is 1.26 bits per heavy atom. The highest BCUT2D eigenvalue weighted by atomic mass is 16.5. The summed E-state index contributed by atoms with van der Waals surface area (Å²) in [5.74, 6) is -0.970. The molecule has 0 unspecified atom stereocenters. The largest absolute Gasteiger partial charge is 0.507 e. The quantitative estimate of drug-likeness (QED) is 0.442. The lowest BCUT2D eigenvalue weighted by atomic mass is 9.93. The summed E-state index contributed by atoms with van der Waals surface area (Å²) in [5.41, 5.74) is 2.58. The van der Waals surface area contributed by atoms with Crippen molar-refractivity contribution in [2.45, 2.75) is 32.2 Å². The van der Waals surface area contributed by atoms with E-state index in [0.717, 1.165) is 16.5 Å². The number of rotatable bonds is 7. The van der Waals surface area contributed by atoms with E-state index in [2.05, 4.69) is 4.98 Å². The maximum atomic E-state index is 13.4. The summed E-state index contributed by atoms with van der Waals surface area (Å²) < 4.78 is 11.9. The molecule has 3 heterocycles. The van der Waals surface area contributed by atoms with E-state index in [1.54, 1.807) is 29.7 Å². The van der Waals surface area contributed by atoms with Crippen molar-refractivity contribution < 1.29 is 19.1 Å². The molecule has 0 saturated heterocycles. The van der Waals surface area contributed by atoms with Crippen LogP contribution in [0.3, 0.4) is 0 Å². The fraction of sp³-hybridized carbons (Fsp3) is 0.250. The van der Waals surface area contributed by atoms with Crippen LogP contribution < -0.4 is 5.56 Å². The fourth-order valence-electron chi connectivity index (χ4n) is 4.03. The molecular weight excluding hydrogens is 396 g/mol. The summed E-state index contributed by atoms with van der Waals surface area (Å²) in [7, 11) is 1.29. The Hall–Kier alpha value is -3.74. The summed E-state index contributed by atoms with van der Waals surface area (Å²) >= 11 is 0. The van der Waals surface area contributed by atoms with Gasteiger partial charge in [0, 0.05) is 29.3 Å². The lowest BCUT2D eigenvalue weighted by Crippen LogP contribution is -2.29. The minimum atomic E-state index is -0.741. The molecule has 4 rings (SSSR count). The molecule has 0 saturated carbocycles. The number of nitrogens with one attached hydrogen (secondary N) is 1. The minimum absolute atomic E-state index is 0.113. The van der Waals surface area contributed by atoms with Gasteiger partial charge in [0.05, 0.1) is 31.3 Å². The number of aromatic amines is 1. The highest BCUT2D eigenvalue weighted by molar-refractivity contribution is 5.83. The topological polar surface area (TPSA) is 97.5 Å². The number of hydrogen-bond donors (Lipinski definition) is 2. The lowest BCUT2D eigenvalue weighted by molar-refractivity contribution is -0.140. The maximum absolute atomic E-state index is 13.4. The SMILES string of the molecule is COC(=O)C[C@@H](c1ccco1)c1c(O)cc(C)n(CCc2c[nH]c3ccccc23)c1=O. The van der Waals surface area contributed by atoms with E-state index in [1.165, 1.54) is 13.4 Å². The van der Waals surface area contributed by atoms with Crippen LogP contribution >= 0.6 is 0 Å². The molecule has 2 N–H and O–H groups in total. The average Bonchev–Trinajstić information content (AvgIpc) is 3.43. The van der Waals surface area contributed by atoms with Crippen molar-refractivity contribution in [1.29, 1.82) is 0 Å². The van der Waals surface area contributed by atoms with Gasteiger partial charge in [-0.1, -0.05) is 18.2 Å². The van der Waals surface area contributed by atoms with Crippen LogP contribution in [0.15, 0.2) is 64.1 Å². The van der Waals surface area contributed by atoms with Crippen molar-refractivity contribution >= 4 is 16.9 Å². The highest BCUT2D eigenvalue weighted by Gasteiger charge is 2.28. The first-order chi connectivity index (χ1) is 15.0. The van der Waals surface area contributed by atoms with Gasteiger partial charge in [0.15, 0.2) is 0 Å². The number of esters is 1. The summed E-state index contributed by atoms with van der Waals surface area (Å²) in [6.07, 6.45) is 3.95. The number of fused-ring (bicyclic) bond motifs is 1. The second-order valence-electron chi connectivity index (χ2n) is 7.50. The molecule has 0 fully saturated rings. The van der Waals surface area contributed by atoms with Crippen LogP contribution in [-0.4, -0.2) is 27.7 Å². The number of aromatic nitrogens is 2. The number of hydrogen-bond acceptors (Lipinski definition) is 5. The molecular formula is C24H24N2O5. The molecule has 1 aromatic carbocycles. The van der Waals surface area contributed by atoms with Crippen molar-refractivity contribution in [2.24, 2.45) is 0 Å². The maximum Gasteiger partial charge on any atom is 0.306 e. The molecule has 0 aliphatic rings. The fourth-order valence-corrected chi connectivity index (χ4v) is 4.03. The molecule has 3 aromatic heterocycles. The van der Waals surface area contributed by atoms with Gasteiger partial charge in [0.25, 0.3) is 5.56 Å². The number of aryl methyl sites for hydroxylation is 2. The van der Waals surface area contributed by atoms with Gasteiger partial charge in [-0.2, -0.15) is 0 Å². The summed E-state index contributed by atoms with van der Waals surface area (Å²) in [6, 6.07) is 12.9.